The van der Waals surface area contributed by atoms with Gasteiger partial charge >= 0.3 is 0 Å². The zero-order chi connectivity index (χ0) is 20.4. The Morgan fingerprint density at radius 2 is 1.48 bits per heavy atom. The standard InChI is InChI=1S/C22H36N2O3/c1-21(2,3)17-12-16(13-18(20(17)26)22(4,5)6)14-23-8-10-24(11-9-23)19(25)15-27-7/h12-13,26H,8-11,14-15H2,1-7H3. The molecule has 1 N–H and O–H groups in total. The monoisotopic (exact) mass is 376 g/mol. The van der Waals surface area contributed by atoms with Gasteiger partial charge in [0.25, 0.3) is 0 Å². The summed E-state index contributed by atoms with van der Waals surface area (Å²) in [5.41, 5.74) is 2.98. The fourth-order valence-corrected chi connectivity index (χ4v) is 3.56. The van der Waals surface area contributed by atoms with Gasteiger partial charge in [-0.1, -0.05) is 53.7 Å². The van der Waals surface area contributed by atoms with E-state index in [-0.39, 0.29) is 23.3 Å². The molecule has 1 fully saturated rings. The largest absolute Gasteiger partial charge is 0.507 e. The highest BCUT2D eigenvalue weighted by Crippen LogP contribution is 2.40. The van der Waals surface area contributed by atoms with Gasteiger partial charge in [0.1, 0.15) is 12.4 Å². The fourth-order valence-electron chi connectivity index (χ4n) is 3.56. The number of aromatic hydroxyl groups is 1. The summed E-state index contributed by atoms with van der Waals surface area (Å²) >= 11 is 0. The number of carbonyl (C=O) groups is 1. The molecule has 0 unspecified atom stereocenters. The van der Waals surface area contributed by atoms with E-state index in [1.807, 2.05) is 4.90 Å². The fraction of sp³-hybridized carbons (Fsp3) is 0.682. The number of rotatable bonds is 4. The number of methoxy groups -OCH3 is 1. The average molecular weight is 377 g/mol. The molecule has 5 nitrogen and oxygen atoms in total. The predicted octanol–water partition coefficient (Wildman–Crippen LogP) is 3.28. The van der Waals surface area contributed by atoms with Gasteiger partial charge in [-0.3, -0.25) is 9.69 Å². The van der Waals surface area contributed by atoms with Crippen molar-refractivity contribution in [1.82, 2.24) is 9.80 Å². The Bertz CT molecular complexity index is 628. The number of ether oxygens (including phenoxy) is 1. The third kappa shape index (κ3) is 5.45. The van der Waals surface area contributed by atoms with Gasteiger partial charge in [0.2, 0.25) is 5.91 Å². The van der Waals surface area contributed by atoms with Gasteiger partial charge in [-0.25, -0.2) is 0 Å². The van der Waals surface area contributed by atoms with Crippen LogP contribution < -0.4 is 0 Å². The third-order valence-corrected chi connectivity index (χ3v) is 5.18. The van der Waals surface area contributed by atoms with Crippen molar-refractivity contribution in [3.8, 4) is 5.75 Å². The topological polar surface area (TPSA) is 53.0 Å². The molecule has 0 radical (unpaired) electrons. The minimum atomic E-state index is -0.120. The SMILES string of the molecule is COCC(=O)N1CCN(Cc2cc(C(C)(C)C)c(O)c(C(C)(C)C)c2)CC1. The molecule has 1 aromatic rings. The van der Waals surface area contributed by atoms with Crippen LogP contribution in [0.5, 0.6) is 5.75 Å². The summed E-state index contributed by atoms with van der Waals surface area (Å²) in [6, 6.07) is 4.29. The third-order valence-electron chi connectivity index (χ3n) is 5.18. The molecule has 0 aliphatic carbocycles. The zero-order valence-electron chi connectivity index (χ0n) is 18.1. The first-order chi connectivity index (χ1) is 12.4. The van der Waals surface area contributed by atoms with Gasteiger partial charge in [0.15, 0.2) is 0 Å². The second kappa shape index (κ2) is 8.19. The lowest BCUT2D eigenvalue weighted by Crippen LogP contribution is -2.49. The normalized spacial score (nSPS) is 16.6. The Morgan fingerprint density at radius 1 is 1.00 bits per heavy atom. The Morgan fingerprint density at radius 3 is 1.89 bits per heavy atom. The van der Waals surface area contributed by atoms with E-state index in [9.17, 15) is 9.90 Å². The molecule has 152 valence electrons. The molecule has 1 aliphatic rings. The van der Waals surface area contributed by atoms with Gasteiger partial charge in [-0.2, -0.15) is 0 Å². The van der Waals surface area contributed by atoms with Crippen LogP contribution in [0.3, 0.4) is 0 Å². The molecule has 5 heteroatoms. The first-order valence-electron chi connectivity index (χ1n) is 9.79. The molecule has 1 amide bonds. The molecule has 0 atom stereocenters. The van der Waals surface area contributed by atoms with Gasteiger partial charge in [0, 0.05) is 39.8 Å². The van der Waals surface area contributed by atoms with Gasteiger partial charge < -0.3 is 14.7 Å². The molecular weight excluding hydrogens is 340 g/mol. The van der Waals surface area contributed by atoms with Crippen molar-refractivity contribution >= 4 is 5.91 Å². The highest BCUT2D eigenvalue weighted by atomic mass is 16.5. The van der Waals surface area contributed by atoms with Gasteiger partial charge in [-0.05, 0) is 27.5 Å². The molecule has 2 rings (SSSR count). The second-order valence-corrected chi connectivity index (χ2v) is 9.63. The quantitative estimate of drug-likeness (QED) is 0.876. The number of hydrogen-bond donors (Lipinski definition) is 1. The summed E-state index contributed by atoms with van der Waals surface area (Å²) in [6.07, 6.45) is 0. The van der Waals surface area contributed by atoms with Crippen LogP contribution >= 0.6 is 0 Å². The first-order valence-corrected chi connectivity index (χ1v) is 9.79. The van der Waals surface area contributed by atoms with Crippen molar-refractivity contribution in [2.75, 3.05) is 39.9 Å². The van der Waals surface area contributed by atoms with Crippen LogP contribution in [-0.4, -0.2) is 60.7 Å². The highest BCUT2D eigenvalue weighted by molar-refractivity contribution is 5.77. The number of amides is 1. The Labute approximate surface area is 164 Å². The Hall–Kier alpha value is -1.59. The van der Waals surface area contributed by atoms with E-state index in [2.05, 4.69) is 58.6 Å². The van der Waals surface area contributed by atoms with Gasteiger partial charge in [0.05, 0.1) is 0 Å². The number of carbonyl (C=O) groups excluding carboxylic acids is 1. The summed E-state index contributed by atoms with van der Waals surface area (Å²) in [5, 5.41) is 10.9. The van der Waals surface area contributed by atoms with Crippen LogP contribution in [-0.2, 0) is 26.9 Å². The van der Waals surface area contributed by atoms with E-state index in [1.165, 1.54) is 5.56 Å². The number of hydrogen-bond acceptors (Lipinski definition) is 4. The lowest BCUT2D eigenvalue weighted by atomic mass is 9.78. The van der Waals surface area contributed by atoms with Crippen molar-refractivity contribution in [2.45, 2.75) is 58.9 Å². The highest BCUT2D eigenvalue weighted by Gasteiger charge is 2.27. The summed E-state index contributed by atoms with van der Waals surface area (Å²) in [6.45, 7) is 17.0. The van der Waals surface area contributed by atoms with E-state index in [4.69, 9.17) is 4.74 Å². The number of phenols is 1. The molecule has 1 heterocycles. The number of piperazine rings is 1. The van der Waals surface area contributed by atoms with Crippen molar-refractivity contribution in [3.63, 3.8) is 0 Å². The molecule has 0 saturated carbocycles. The number of phenolic OH excluding ortho intramolecular Hbond substituents is 1. The summed E-state index contributed by atoms with van der Waals surface area (Å²) in [5.74, 6) is 0.487. The lowest BCUT2D eigenvalue weighted by molar-refractivity contribution is -0.136. The smallest absolute Gasteiger partial charge is 0.248 e. The lowest BCUT2D eigenvalue weighted by Gasteiger charge is -2.35. The predicted molar refractivity (Wildman–Crippen MR) is 109 cm³/mol. The van der Waals surface area contributed by atoms with Gasteiger partial charge in [-0.15, -0.1) is 0 Å². The zero-order valence-corrected chi connectivity index (χ0v) is 18.1. The summed E-state index contributed by atoms with van der Waals surface area (Å²) in [4.78, 5) is 16.2. The number of nitrogens with zero attached hydrogens (tertiary/aromatic N) is 2. The molecule has 1 aromatic carbocycles. The second-order valence-electron chi connectivity index (χ2n) is 9.63. The van der Waals surface area contributed by atoms with Crippen molar-refractivity contribution in [3.05, 3.63) is 28.8 Å². The van der Waals surface area contributed by atoms with Crippen molar-refractivity contribution in [2.24, 2.45) is 0 Å². The van der Waals surface area contributed by atoms with Crippen LogP contribution in [0.1, 0.15) is 58.2 Å². The minimum absolute atomic E-state index is 0.0619. The maximum atomic E-state index is 12.0. The van der Waals surface area contributed by atoms with E-state index in [0.29, 0.717) is 5.75 Å². The van der Waals surface area contributed by atoms with Crippen LogP contribution in [0.15, 0.2) is 12.1 Å². The molecule has 1 saturated heterocycles. The molecule has 0 spiro atoms. The average Bonchev–Trinajstić information content (AvgIpc) is 2.55. The Kier molecular flexibility index (Phi) is 6.59. The van der Waals surface area contributed by atoms with Crippen LogP contribution in [0, 0.1) is 0 Å². The Balaban J connectivity index is 2.19. The van der Waals surface area contributed by atoms with Crippen LogP contribution in [0.2, 0.25) is 0 Å². The maximum absolute atomic E-state index is 12.0. The molecule has 27 heavy (non-hydrogen) atoms. The van der Waals surface area contributed by atoms with E-state index in [1.54, 1.807) is 7.11 Å². The minimum Gasteiger partial charge on any atom is -0.507 e. The molecule has 1 aliphatic heterocycles. The molecule has 0 bridgehead atoms. The van der Waals surface area contributed by atoms with Crippen LogP contribution in [0.4, 0.5) is 0 Å². The van der Waals surface area contributed by atoms with Crippen molar-refractivity contribution in [1.29, 1.82) is 0 Å². The van der Waals surface area contributed by atoms with E-state index >= 15 is 0 Å². The van der Waals surface area contributed by atoms with Crippen LogP contribution in [0.25, 0.3) is 0 Å². The molecule has 0 aromatic heterocycles. The maximum Gasteiger partial charge on any atom is 0.248 e. The first kappa shape index (κ1) is 21.7. The van der Waals surface area contributed by atoms with E-state index in [0.717, 1.165) is 43.9 Å². The van der Waals surface area contributed by atoms with E-state index < -0.39 is 0 Å². The number of benzene rings is 1. The molecular formula is C22H36N2O3. The van der Waals surface area contributed by atoms with Crippen molar-refractivity contribution < 1.29 is 14.6 Å². The summed E-state index contributed by atoms with van der Waals surface area (Å²) < 4.78 is 4.95. The summed E-state index contributed by atoms with van der Waals surface area (Å²) in [7, 11) is 1.55.